The molecule has 78 valence electrons. The van der Waals surface area contributed by atoms with Crippen molar-refractivity contribution in [3.63, 3.8) is 0 Å². The first-order chi connectivity index (χ1) is 6.36. The summed E-state index contributed by atoms with van der Waals surface area (Å²) in [5, 5.41) is 24.1. The molecule has 0 spiro atoms. The average molecular weight is 188 g/mol. The van der Waals surface area contributed by atoms with Crippen LogP contribution in [0, 0.1) is 5.92 Å². The van der Waals surface area contributed by atoms with Gasteiger partial charge in [0.15, 0.2) is 0 Å². The fourth-order valence-electron chi connectivity index (χ4n) is 1.62. The minimum Gasteiger partial charge on any atom is -0.395 e. The predicted octanol–water partition coefficient (Wildman–Crippen LogP) is -1.07. The third kappa shape index (κ3) is 4.04. The lowest BCUT2D eigenvalue weighted by molar-refractivity contribution is 0.165. The van der Waals surface area contributed by atoms with Gasteiger partial charge in [-0.1, -0.05) is 0 Å². The van der Waals surface area contributed by atoms with Gasteiger partial charge in [0, 0.05) is 0 Å². The molecule has 0 aromatic carbocycles. The van der Waals surface area contributed by atoms with Gasteiger partial charge in [-0.3, -0.25) is 0 Å². The Labute approximate surface area is 79.3 Å². The van der Waals surface area contributed by atoms with E-state index in [0.29, 0.717) is 5.92 Å². The number of aliphatic hydroxyl groups excluding tert-OH is 2. The summed E-state index contributed by atoms with van der Waals surface area (Å²) in [7, 11) is 0. The van der Waals surface area contributed by atoms with Crippen LogP contribution >= 0.6 is 0 Å². The Hall–Kier alpha value is -0.160. The monoisotopic (exact) mass is 188 g/mol. The van der Waals surface area contributed by atoms with Crippen LogP contribution in [-0.4, -0.2) is 49.1 Å². The van der Waals surface area contributed by atoms with E-state index in [-0.39, 0.29) is 19.3 Å². The summed E-state index contributed by atoms with van der Waals surface area (Å²) in [6, 6.07) is -0.151. The second-order valence-corrected chi connectivity index (χ2v) is 3.68. The summed E-state index contributed by atoms with van der Waals surface area (Å²) in [5.41, 5.74) is 0. The molecule has 0 amide bonds. The van der Waals surface area contributed by atoms with Gasteiger partial charge >= 0.3 is 0 Å². The van der Waals surface area contributed by atoms with Gasteiger partial charge in [0.2, 0.25) is 0 Å². The highest BCUT2D eigenvalue weighted by Gasteiger charge is 2.14. The zero-order valence-electron chi connectivity index (χ0n) is 8.00. The molecule has 0 saturated carbocycles. The first kappa shape index (κ1) is 10.9. The van der Waals surface area contributed by atoms with Crippen LogP contribution in [0.25, 0.3) is 0 Å². The lowest BCUT2D eigenvalue weighted by Crippen LogP contribution is -2.42. The first-order valence-corrected chi connectivity index (χ1v) is 5.02. The highest BCUT2D eigenvalue weighted by atomic mass is 16.3. The van der Waals surface area contributed by atoms with Crippen molar-refractivity contribution in [3.8, 4) is 0 Å². The van der Waals surface area contributed by atoms with E-state index in [2.05, 4.69) is 10.6 Å². The quantitative estimate of drug-likeness (QED) is 0.443. The van der Waals surface area contributed by atoms with Gasteiger partial charge in [0.05, 0.1) is 19.3 Å². The van der Waals surface area contributed by atoms with E-state index in [1.54, 1.807) is 0 Å². The molecular formula is C9H20N2O2. The Kier molecular flexibility index (Phi) is 5.31. The van der Waals surface area contributed by atoms with Crippen LogP contribution in [0.4, 0.5) is 0 Å². The van der Waals surface area contributed by atoms with Gasteiger partial charge < -0.3 is 20.8 Å². The molecule has 13 heavy (non-hydrogen) atoms. The summed E-state index contributed by atoms with van der Waals surface area (Å²) < 4.78 is 0. The Morgan fingerprint density at radius 1 is 1.38 bits per heavy atom. The van der Waals surface area contributed by atoms with Crippen LogP contribution < -0.4 is 10.6 Å². The maximum absolute atomic E-state index is 8.82. The maximum atomic E-state index is 8.82. The van der Waals surface area contributed by atoms with Crippen LogP contribution in [0.15, 0.2) is 0 Å². The van der Waals surface area contributed by atoms with E-state index < -0.39 is 0 Å². The van der Waals surface area contributed by atoms with Crippen LogP contribution in [0.2, 0.25) is 0 Å². The highest BCUT2D eigenvalue weighted by Crippen LogP contribution is 2.08. The summed E-state index contributed by atoms with van der Waals surface area (Å²) in [4.78, 5) is 0. The average Bonchev–Trinajstić information content (AvgIpc) is 2.21. The van der Waals surface area contributed by atoms with Gasteiger partial charge in [-0.25, -0.2) is 0 Å². The Morgan fingerprint density at radius 2 is 2.15 bits per heavy atom. The largest absolute Gasteiger partial charge is 0.395 e. The van der Waals surface area contributed by atoms with Crippen molar-refractivity contribution < 1.29 is 10.2 Å². The highest BCUT2D eigenvalue weighted by molar-refractivity contribution is 4.73. The molecule has 1 unspecified atom stereocenters. The molecule has 4 nitrogen and oxygen atoms in total. The van der Waals surface area contributed by atoms with Crippen molar-refractivity contribution in [2.75, 3.05) is 32.8 Å². The molecule has 4 heteroatoms. The normalized spacial score (nSPS) is 23.8. The summed E-state index contributed by atoms with van der Waals surface area (Å²) in [6.45, 7) is 3.09. The third-order valence-corrected chi connectivity index (χ3v) is 2.53. The summed E-state index contributed by atoms with van der Waals surface area (Å²) in [6.07, 6.45) is 2.47. The first-order valence-electron chi connectivity index (χ1n) is 5.02. The number of aliphatic hydroxyl groups is 2. The fraction of sp³-hybridized carbons (Fsp3) is 1.00. The molecule has 1 atom stereocenters. The molecule has 0 aromatic rings. The molecule has 0 bridgehead atoms. The molecule has 0 radical (unpaired) electrons. The molecule has 0 aromatic heterocycles. The van der Waals surface area contributed by atoms with Crippen molar-refractivity contribution in [3.05, 3.63) is 0 Å². The molecule has 1 saturated heterocycles. The standard InChI is InChI=1S/C9H20N2O2/c12-6-9(7-13)11-5-8-2-1-3-10-4-8/h8-13H,1-7H2. The number of rotatable bonds is 5. The Morgan fingerprint density at radius 3 is 2.69 bits per heavy atom. The summed E-state index contributed by atoms with van der Waals surface area (Å²) >= 11 is 0. The molecule has 1 aliphatic rings. The van der Waals surface area contributed by atoms with Gasteiger partial charge in [-0.15, -0.1) is 0 Å². The fourth-order valence-corrected chi connectivity index (χ4v) is 1.62. The number of nitrogens with one attached hydrogen (secondary N) is 2. The zero-order chi connectivity index (χ0) is 9.52. The SMILES string of the molecule is OCC(CO)NCC1CCCNC1. The van der Waals surface area contributed by atoms with Crippen molar-refractivity contribution in [1.29, 1.82) is 0 Å². The van der Waals surface area contributed by atoms with E-state index in [1.807, 2.05) is 0 Å². The minimum absolute atomic E-state index is 0.0106. The molecule has 0 aliphatic carbocycles. The minimum atomic E-state index is -0.151. The second-order valence-electron chi connectivity index (χ2n) is 3.68. The van der Waals surface area contributed by atoms with Gasteiger partial charge in [-0.2, -0.15) is 0 Å². The number of hydrogen-bond donors (Lipinski definition) is 4. The van der Waals surface area contributed by atoms with Crippen LogP contribution in [-0.2, 0) is 0 Å². The second kappa shape index (κ2) is 6.32. The lowest BCUT2D eigenvalue weighted by Gasteiger charge is -2.24. The van der Waals surface area contributed by atoms with Crippen molar-refractivity contribution in [1.82, 2.24) is 10.6 Å². The Bertz CT molecular complexity index is 123. The van der Waals surface area contributed by atoms with Gasteiger partial charge in [0.1, 0.15) is 0 Å². The molecule has 1 heterocycles. The molecule has 1 fully saturated rings. The van der Waals surface area contributed by atoms with Crippen molar-refractivity contribution in [2.24, 2.45) is 5.92 Å². The van der Waals surface area contributed by atoms with Crippen molar-refractivity contribution >= 4 is 0 Å². The van der Waals surface area contributed by atoms with E-state index in [9.17, 15) is 0 Å². The molecule has 1 aliphatic heterocycles. The lowest BCUT2D eigenvalue weighted by atomic mass is 9.99. The van der Waals surface area contributed by atoms with E-state index in [0.717, 1.165) is 19.6 Å². The number of piperidine rings is 1. The maximum Gasteiger partial charge on any atom is 0.0607 e. The van der Waals surface area contributed by atoms with Crippen LogP contribution in [0.3, 0.4) is 0 Å². The van der Waals surface area contributed by atoms with E-state index in [4.69, 9.17) is 10.2 Å². The number of hydrogen-bond acceptors (Lipinski definition) is 4. The Balaban J connectivity index is 2.09. The van der Waals surface area contributed by atoms with Gasteiger partial charge in [0.25, 0.3) is 0 Å². The summed E-state index contributed by atoms with van der Waals surface area (Å²) in [5.74, 6) is 0.648. The molecule has 4 N–H and O–H groups in total. The van der Waals surface area contributed by atoms with Crippen LogP contribution in [0.5, 0.6) is 0 Å². The topological polar surface area (TPSA) is 64.5 Å². The van der Waals surface area contributed by atoms with E-state index >= 15 is 0 Å². The molecular weight excluding hydrogens is 168 g/mol. The zero-order valence-corrected chi connectivity index (χ0v) is 8.00. The predicted molar refractivity (Wildman–Crippen MR) is 51.6 cm³/mol. The smallest absolute Gasteiger partial charge is 0.0607 e. The molecule has 1 rings (SSSR count). The van der Waals surface area contributed by atoms with Gasteiger partial charge in [-0.05, 0) is 38.4 Å². The van der Waals surface area contributed by atoms with Crippen LogP contribution in [0.1, 0.15) is 12.8 Å². The van der Waals surface area contributed by atoms with Crippen molar-refractivity contribution in [2.45, 2.75) is 18.9 Å². The third-order valence-electron chi connectivity index (χ3n) is 2.53. The van der Waals surface area contributed by atoms with E-state index in [1.165, 1.54) is 12.8 Å².